The molecule has 0 saturated carbocycles. The number of amides is 1. The van der Waals surface area contributed by atoms with Gasteiger partial charge in [0.1, 0.15) is 17.1 Å². The summed E-state index contributed by atoms with van der Waals surface area (Å²) >= 11 is 0. The molecule has 1 amide bonds. The van der Waals surface area contributed by atoms with Crippen molar-refractivity contribution in [2.45, 2.75) is 6.92 Å². The molecule has 7 heteroatoms. The van der Waals surface area contributed by atoms with E-state index in [2.05, 4.69) is 10.3 Å². The van der Waals surface area contributed by atoms with Crippen LogP contribution in [0.5, 0.6) is 5.75 Å². The van der Waals surface area contributed by atoms with E-state index in [0.29, 0.717) is 34.0 Å². The van der Waals surface area contributed by atoms with E-state index < -0.39 is 11.7 Å². The molecule has 1 aromatic heterocycles. The summed E-state index contributed by atoms with van der Waals surface area (Å²) in [6.45, 7) is 1.82. The number of hydrogen-bond donors (Lipinski definition) is 1. The molecule has 0 aliphatic rings. The quantitative estimate of drug-likeness (QED) is 0.515. The van der Waals surface area contributed by atoms with Crippen LogP contribution in [0.3, 0.4) is 0 Å². The van der Waals surface area contributed by atoms with Crippen molar-refractivity contribution in [3.8, 4) is 23.3 Å². The van der Waals surface area contributed by atoms with E-state index >= 15 is 0 Å². The number of rotatable bonds is 4. The zero-order valence-corrected chi connectivity index (χ0v) is 16.2. The molecule has 0 unspecified atom stereocenters. The van der Waals surface area contributed by atoms with Gasteiger partial charge in [0.25, 0.3) is 5.91 Å². The van der Waals surface area contributed by atoms with Crippen LogP contribution in [-0.2, 0) is 0 Å². The summed E-state index contributed by atoms with van der Waals surface area (Å²) in [5.74, 6) is -0.310. The Morgan fingerprint density at radius 2 is 2.00 bits per heavy atom. The minimum atomic E-state index is -0.756. The molecule has 0 aliphatic carbocycles. The summed E-state index contributed by atoms with van der Waals surface area (Å²) in [6, 6.07) is 16.2. The zero-order valence-electron chi connectivity index (χ0n) is 16.2. The number of aromatic nitrogens is 1. The highest BCUT2D eigenvalue weighted by Gasteiger charge is 2.15. The predicted octanol–water partition coefficient (Wildman–Crippen LogP) is 5.07. The van der Waals surface area contributed by atoms with Crippen molar-refractivity contribution in [1.29, 1.82) is 5.26 Å². The molecule has 0 spiro atoms. The number of carbonyl (C=O) groups excluding carboxylic acids is 1. The number of nitriles is 1. The van der Waals surface area contributed by atoms with Crippen molar-refractivity contribution in [3.63, 3.8) is 0 Å². The summed E-state index contributed by atoms with van der Waals surface area (Å²) in [4.78, 5) is 17.0. The topological polar surface area (TPSA) is 88.1 Å². The molecule has 4 aromatic rings. The number of nitrogens with zero attached hydrogens (tertiary/aromatic N) is 2. The van der Waals surface area contributed by atoms with Crippen LogP contribution in [0.4, 0.5) is 10.1 Å². The van der Waals surface area contributed by atoms with Gasteiger partial charge in [0.2, 0.25) is 5.89 Å². The Hall–Kier alpha value is -4.18. The first-order valence-corrected chi connectivity index (χ1v) is 9.05. The Bertz CT molecular complexity index is 1320. The molecular formula is C23H16FN3O3. The number of aryl methyl sites for hydroxylation is 1. The van der Waals surface area contributed by atoms with Crippen LogP contribution in [-0.4, -0.2) is 18.0 Å². The van der Waals surface area contributed by atoms with Crippen LogP contribution >= 0.6 is 0 Å². The molecule has 30 heavy (non-hydrogen) atoms. The molecule has 148 valence electrons. The van der Waals surface area contributed by atoms with E-state index in [9.17, 15) is 9.18 Å². The second-order valence-electron chi connectivity index (χ2n) is 6.64. The van der Waals surface area contributed by atoms with E-state index in [0.717, 1.165) is 11.6 Å². The predicted molar refractivity (Wildman–Crippen MR) is 110 cm³/mol. The van der Waals surface area contributed by atoms with Crippen LogP contribution in [0.25, 0.3) is 22.6 Å². The molecule has 0 saturated heterocycles. The number of fused-ring (bicyclic) bond motifs is 1. The first kappa shape index (κ1) is 19.2. The fraction of sp³-hybridized carbons (Fsp3) is 0.0870. The number of hydrogen-bond acceptors (Lipinski definition) is 5. The number of nitrogens with one attached hydrogen (secondary N) is 1. The Balaban J connectivity index is 1.65. The number of halogens is 1. The molecule has 4 rings (SSSR count). The molecule has 0 fully saturated rings. The number of oxazole rings is 1. The number of anilines is 1. The zero-order chi connectivity index (χ0) is 21.3. The van der Waals surface area contributed by atoms with Gasteiger partial charge in [0.05, 0.1) is 24.3 Å². The molecule has 0 radical (unpaired) electrons. The van der Waals surface area contributed by atoms with Crippen LogP contribution in [0, 0.1) is 24.1 Å². The lowest BCUT2D eigenvalue weighted by molar-refractivity contribution is 0.102. The van der Waals surface area contributed by atoms with Gasteiger partial charge in [-0.1, -0.05) is 6.07 Å². The SMILES string of the molecule is COc1ccc2oc(-c3ccc(C)c(NC(=O)c4ccc(C#N)cc4F)c3)nc2c1. The Morgan fingerprint density at radius 3 is 2.73 bits per heavy atom. The first-order chi connectivity index (χ1) is 14.5. The van der Waals surface area contributed by atoms with E-state index in [-0.39, 0.29) is 11.1 Å². The van der Waals surface area contributed by atoms with Gasteiger partial charge in [0, 0.05) is 17.3 Å². The summed E-state index contributed by atoms with van der Waals surface area (Å²) in [5.41, 5.74) is 3.21. The van der Waals surface area contributed by atoms with Gasteiger partial charge in [-0.05, 0) is 55.0 Å². The molecule has 3 aromatic carbocycles. The van der Waals surface area contributed by atoms with E-state index in [1.54, 1.807) is 31.4 Å². The summed E-state index contributed by atoms with van der Waals surface area (Å²) in [7, 11) is 1.58. The largest absolute Gasteiger partial charge is 0.497 e. The second kappa shape index (κ2) is 7.68. The molecule has 1 heterocycles. The maximum Gasteiger partial charge on any atom is 0.258 e. The maximum absolute atomic E-state index is 14.2. The maximum atomic E-state index is 14.2. The highest BCUT2D eigenvalue weighted by molar-refractivity contribution is 6.05. The average Bonchev–Trinajstić information content (AvgIpc) is 3.18. The van der Waals surface area contributed by atoms with Crippen LogP contribution in [0.15, 0.2) is 59.0 Å². The number of methoxy groups -OCH3 is 1. The Morgan fingerprint density at radius 1 is 1.17 bits per heavy atom. The Labute approximate surface area is 171 Å². The summed E-state index contributed by atoms with van der Waals surface area (Å²) in [6.07, 6.45) is 0. The lowest BCUT2D eigenvalue weighted by Crippen LogP contribution is -2.14. The van der Waals surface area contributed by atoms with Crippen LogP contribution in [0.1, 0.15) is 21.5 Å². The minimum absolute atomic E-state index is 0.146. The lowest BCUT2D eigenvalue weighted by atomic mass is 10.1. The number of ether oxygens (including phenoxy) is 1. The normalized spacial score (nSPS) is 10.6. The van der Waals surface area contributed by atoms with Crippen LogP contribution in [0.2, 0.25) is 0 Å². The minimum Gasteiger partial charge on any atom is -0.497 e. The third-order valence-electron chi connectivity index (χ3n) is 4.67. The first-order valence-electron chi connectivity index (χ1n) is 9.05. The summed E-state index contributed by atoms with van der Waals surface area (Å²) in [5, 5.41) is 11.6. The van der Waals surface area contributed by atoms with Gasteiger partial charge in [-0.2, -0.15) is 5.26 Å². The van der Waals surface area contributed by atoms with Gasteiger partial charge >= 0.3 is 0 Å². The molecule has 0 atom stereocenters. The highest BCUT2D eigenvalue weighted by atomic mass is 19.1. The fourth-order valence-corrected chi connectivity index (χ4v) is 3.01. The van der Waals surface area contributed by atoms with Gasteiger partial charge in [0.15, 0.2) is 5.58 Å². The van der Waals surface area contributed by atoms with Crippen molar-refractivity contribution < 1.29 is 18.3 Å². The average molecular weight is 401 g/mol. The van der Waals surface area contributed by atoms with Crippen molar-refractivity contribution in [3.05, 3.63) is 77.1 Å². The lowest BCUT2D eigenvalue weighted by Gasteiger charge is -2.10. The van der Waals surface area contributed by atoms with Crippen molar-refractivity contribution in [1.82, 2.24) is 4.98 Å². The number of carbonyl (C=O) groups is 1. The van der Waals surface area contributed by atoms with E-state index in [1.807, 2.05) is 25.1 Å². The smallest absolute Gasteiger partial charge is 0.258 e. The van der Waals surface area contributed by atoms with Gasteiger partial charge in [-0.3, -0.25) is 4.79 Å². The molecule has 1 N–H and O–H groups in total. The molecular weight excluding hydrogens is 385 g/mol. The van der Waals surface area contributed by atoms with Crippen molar-refractivity contribution in [2.75, 3.05) is 12.4 Å². The molecule has 0 bridgehead atoms. The Kier molecular flexibility index (Phi) is 4.90. The fourth-order valence-electron chi connectivity index (χ4n) is 3.01. The van der Waals surface area contributed by atoms with Crippen molar-refractivity contribution >= 4 is 22.7 Å². The van der Waals surface area contributed by atoms with Crippen LogP contribution < -0.4 is 10.1 Å². The second-order valence-corrected chi connectivity index (χ2v) is 6.64. The van der Waals surface area contributed by atoms with Gasteiger partial charge in [-0.15, -0.1) is 0 Å². The third kappa shape index (κ3) is 3.59. The van der Waals surface area contributed by atoms with E-state index in [1.165, 1.54) is 12.1 Å². The number of benzene rings is 3. The van der Waals surface area contributed by atoms with Gasteiger partial charge in [-0.25, -0.2) is 9.37 Å². The summed E-state index contributed by atoms with van der Waals surface area (Å²) < 4.78 is 25.2. The molecule has 0 aliphatic heterocycles. The molecule has 6 nitrogen and oxygen atoms in total. The van der Waals surface area contributed by atoms with Crippen molar-refractivity contribution in [2.24, 2.45) is 0 Å². The standard InChI is InChI=1S/C23H16FN3O3/c1-13-3-5-15(23-27-20-11-16(29-2)6-8-21(20)30-23)10-19(13)26-22(28)17-7-4-14(12-25)9-18(17)24/h3-11H,1-2H3,(H,26,28). The monoisotopic (exact) mass is 401 g/mol. The van der Waals surface area contributed by atoms with E-state index in [4.69, 9.17) is 14.4 Å². The van der Waals surface area contributed by atoms with Gasteiger partial charge < -0.3 is 14.5 Å². The highest BCUT2D eigenvalue weighted by Crippen LogP contribution is 2.30. The third-order valence-corrected chi connectivity index (χ3v) is 4.67.